The Labute approximate surface area is 167 Å². The number of benzene rings is 2. The standard InChI is InChI=1S/C22H17ClN2O3/c1-24-21(27)16-17(22(24)28)19(20(26)13-6-8-14(23)9-7-13)25-11-10-12-4-2-3-5-15(12)18(16)25/h2-11,16-19H,1H3/t16-,17+,18-,19-/m0/s1. The first-order chi connectivity index (χ1) is 13.5. The summed E-state index contributed by atoms with van der Waals surface area (Å²) in [6.07, 6.45) is 3.79. The number of rotatable bonds is 2. The molecule has 2 fully saturated rings. The van der Waals surface area contributed by atoms with Gasteiger partial charge in [0.25, 0.3) is 0 Å². The van der Waals surface area contributed by atoms with E-state index in [4.69, 9.17) is 11.6 Å². The number of likely N-dealkylation sites (tertiary alicyclic amines) is 1. The number of hydrogen-bond acceptors (Lipinski definition) is 4. The zero-order valence-corrected chi connectivity index (χ0v) is 15.8. The van der Waals surface area contributed by atoms with E-state index in [1.54, 1.807) is 24.3 Å². The molecule has 0 radical (unpaired) electrons. The zero-order chi connectivity index (χ0) is 19.6. The van der Waals surface area contributed by atoms with Crippen molar-refractivity contribution in [3.63, 3.8) is 0 Å². The molecule has 0 spiro atoms. The first-order valence-electron chi connectivity index (χ1n) is 9.15. The fourth-order valence-corrected chi connectivity index (χ4v) is 4.92. The largest absolute Gasteiger partial charge is 0.358 e. The molecule has 4 atom stereocenters. The van der Waals surface area contributed by atoms with Gasteiger partial charge in [-0.1, -0.05) is 35.9 Å². The number of ketones is 1. The smallest absolute Gasteiger partial charge is 0.235 e. The molecule has 5 nitrogen and oxygen atoms in total. The van der Waals surface area contributed by atoms with Crippen LogP contribution in [0, 0.1) is 11.8 Å². The minimum Gasteiger partial charge on any atom is -0.358 e. The van der Waals surface area contributed by atoms with E-state index in [-0.39, 0.29) is 23.6 Å². The Morgan fingerprint density at radius 3 is 2.39 bits per heavy atom. The molecule has 5 rings (SSSR count). The maximum absolute atomic E-state index is 13.4. The first-order valence-corrected chi connectivity index (χ1v) is 9.52. The Morgan fingerprint density at radius 1 is 0.964 bits per heavy atom. The summed E-state index contributed by atoms with van der Waals surface area (Å²) in [5.74, 6) is -1.94. The van der Waals surface area contributed by atoms with Crippen molar-refractivity contribution >= 4 is 35.3 Å². The predicted octanol–water partition coefficient (Wildman–Crippen LogP) is 3.16. The number of amides is 2. The van der Waals surface area contributed by atoms with Crippen LogP contribution in [0.5, 0.6) is 0 Å². The Morgan fingerprint density at radius 2 is 1.64 bits per heavy atom. The summed E-state index contributed by atoms with van der Waals surface area (Å²) >= 11 is 5.96. The van der Waals surface area contributed by atoms with Crippen LogP contribution in [0.25, 0.3) is 6.08 Å². The van der Waals surface area contributed by atoms with E-state index in [1.807, 2.05) is 41.4 Å². The summed E-state index contributed by atoms with van der Waals surface area (Å²) in [6.45, 7) is 0. The highest BCUT2D eigenvalue weighted by Gasteiger charge is 2.63. The summed E-state index contributed by atoms with van der Waals surface area (Å²) in [5, 5.41) is 0.539. The number of Topliss-reactive ketones (excluding diaryl/α,β-unsaturated/α-hetero) is 1. The molecule has 3 aliphatic rings. The second-order valence-electron chi connectivity index (χ2n) is 7.44. The summed E-state index contributed by atoms with van der Waals surface area (Å²) in [6, 6.07) is 13.4. The third-order valence-corrected chi connectivity index (χ3v) is 6.33. The van der Waals surface area contributed by atoms with Crippen LogP contribution in [0.1, 0.15) is 27.5 Å². The van der Waals surface area contributed by atoms with Crippen molar-refractivity contribution in [2.75, 3.05) is 7.05 Å². The monoisotopic (exact) mass is 392 g/mol. The molecule has 0 unspecified atom stereocenters. The summed E-state index contributed by atoms with van der Waals surface area (Å²) in [7, 11) is 1.50. The number of halogens is 1. The third kappa shape index (κ3) is 2.23. The Hall–Kier alpha value is -2.92. The number of nitrogens with zero attached hydrogens (tertiary/aromatic N) is 2. The van der Waals surface area contributed by atoms with Gasteiger partial charge < -0.3 is 4.90 Å². The summed E-state index contributed by atoms with van der Waals surface area (Å²) in [5.41, 5.74) is 2.47. The van der Waals surface area contributed by atoms with Crippen LogP contribution in [0.2, 0.25) is 5.02 Å². The Balaban J connectivity index is 1.65. The predicted molar refractivity (Wildman–Crippen MR) is 104 cm³/mol. The van der Waals surface area contributed by atoms with Crippen molar-refractivity contribution in [2.24, 2.45) is 11.8 Å². The van der Waals surface area contributed by atoms with Gasteiger partial charge in [-0.15, -0.1) is 0 Å². The van der Waals surface area contributed by atoms with Gasteiger partial charge in [0, 0.05) is 23.8 Å². The van der Waals surface area contributed by atoms with Crippen LogP contribution in [-0.2, 0) is 9.59 Å². The molecule has 0 aromatic heterocycles. The van der Waals surface area contributed by atoms with Crippen molar-refractivity contribution in [1.82, 2.24) is 9.80 Å². The number of carbonyl (C=O) groups excluding carboxylic acids is 3. The van der Waals surface area contributed by atoms with Gasteiger partial charge >= 0.3 is 0 Å². The van der Waals surface area contributed by atoms with E-state index < -0.39 is 17.9 Å². The second kappa shape index (κ2) is 6.04. The van der Waals surface area contributed by atoms with E-state index in [0.717, 1.165) is 11.1 Å². The number of fused-ring (bicyclic) bond motifs is 5. The zero-order valence-electron chi connectivity index (χ0n) is 15.1. The van der Waals surface area contributed by atoms with Crippen LogP contribution in [0.15, 0.2) is 54.7 Å². The molecule has 0 aliphatic carbocycles. The average molecular weight is 393 g/mol. The highest BCUT2D eigenvalue weighted by Crippen LogP contribution is 2.52. The third-order valence-electron chi connectivity index (χ3n) is 6.08. The van der Waals surface area contributed by atoms with Crippen molar-refractivity contribution in [3.8, 4) is 0 Å². The molecule has 140 valence electrons. The molecule has 0 bridgehead atoms. The number of carbonyl (C=O) groups is 3. The number of imide groups is 1. The Bertz CT molecular complexity index is 1050. The molecule has 3 heterocycles. The van der Waals surface area contributed by atoms with Crippen molar-refractivity contribution in [2.45, 2.75) is 12.1 Å². The van der Waals surface area contributed by atoms with Crippen molar-refractivity contribution in [3.05, 3.63) is 76.4 Å². The number of hydrogen-bond donors (Lipinski definition) is 0. The van der Waals surface area contributed by atoms with E-state index in [1.165, 1.54) is 11.9 Å². The van der Waals surface area contributed by atoms with Gasteiger partial charge in [-0.2, -0.15) is 0 Å². The minimum absolute atomic E-state index is 0.172. The molecule has 3 aliphatic heterocycles. The van der Waals surface area contributed by atoms with Crippen LogP contribution in [-0.4, -0.2) is 40.5 Å². The fourth-order valence-electron chi connectivity index (χ4n) is 4.79. The molecule has 0 saturated carbocycles. The van der Waals surface area contributed by atoms with Gasteiger partial charge in [-0.25, -0.2) is 0 Å². The lowest BCUT2D eigenvalue weighted by Gasteiger charge is -2.35. The highest BCUT2D eigenvalue weighted by molar-refractivity contribution is 6.30. The minimum atomic E-state index is -0.720. The summed E-state index contributed by atoms with van der Waals surface area (Å²) < 4.78 is 0. The molecular formula is C22H17ClN2O3. The second-order valence-corrected chi connectivity index (χ2v) is 7.88. The van der Waals surface area contributed by atoms with Gasteiger partial charge in [-0.3, -0.25) is 19.3 Å². The highest BCUT2D eigenvalue weighted by atomic mass is 35.5. The molecule has 0 N–H and O–H groups in total. The van der Waals surface area contributed by atoms with Crippen LogP contribution < -0.4 is 0 Å². The van der Waals surface area contributed by atoms with E-state index in [2.05, 4.69) is 0 Å². The van der Waals surface area contributed by atoms with Crippen LogP contribution >= 0.6 is 11.6 Å². The van der Waals surface area contributed by atoms with Gasteiger partial charge in [0.05, 0.1) is 17.9 Å². The maximum Gasteiger partial charge on any atom is 0.235 e. The maximum atomic E-state index is 13.4. The van der Waals surface area contributed by atoms with Crippen LogP contribution in [0.3, 0.4) is 0 Å². The van der Waals surface area contributed by atoms with E-state index in [9.17, 15) is 14.4 Å². The molecule has 6 heteroatoms. The molecule has 2 aromatic carbocycles. The first kappa shape index (κ1) is 17.2. The molecule has 2 amide bonds. The lowest BCUT2D eigenvalue weighted by molar-refractivity contribution is -0.139. The van der Waals surface area contributed by atoms with E-state index >= 15 is 0 Å². The molecule has 2 saturated heterocycles. The normalized spacial score (nSPS) is 27.6. The van der Waals surface area contributed by atoms with Gasteiger partial charge in [-0.05, 0) is 41.5 Å². The van der Waals surface area contributed by atoms with E-state index in [0.29, 0.717) is 10.6 Å². The summed E-state index contributed by atoms with van der Waals surface area (Å²) in [4.78, 5) is 42.4. The Kier molecular flexibility index (Phi) is 3.71. The molecule has 28 heavy (non-hydrogen) atoms. The van der Waals surface area contributed by atoms with Crippen molar-refractivity contribution < 1.29 is 14.4 Å². The van der Waals surface area contributed by atoms with Crippen molar-refractivity contribution in [1.29, 1.82) is 0 Å². The lowest BCUT2D eigenvalue weighted by Crippen LogP contribution is -2.43. The topological polar surface area (TPSA) is 57.7 Å². The van der Waals surface area contributed by atoms with Gasteiger partial charge in [0.1, 0.15) is 6.04 Å². The molecule has 2 aromatic rings. The van der Waals surface area contributed by atoms with Crippen LogP contribution in [0.4, 0.5) is 0 Å². The lowest BCUT2D eigenvalue weighted by atomic mass is 9.83. The fraction of sp³-hybridized carbons (Fsp3) is 0.227. The quantitative estimate of drug-likeness (QED) is 0.582. The molecular weight excluding hydrogens is 376 g/mol. The SMILES string of the molecule is CN1C(=O)[C@@H]2[C@H](C1=O)[C@@H]1c3ccccc3C=CN1[C@@H]2C(=O)c1ccc(Cl)cc1. The van der Waals surface area contributed by atoms with Gasteiger partial charge in [0.15, 0.2) is 5.78 Å². The average Bonchev–Trinajstić information content (AvgIpc) is 3.17. The van der Waals surface area contributed by atoms with Gasteiger partial charge in [0.2, 0.25) is 11.8 Å².